The van der Waals surface area contributed by atoms with Gasteiger partial charge >= 0.3 is 0 Å². The highest BCUT2D eigenvalue weighted by Crippen LogP contribution is 2.34. The molecule has 1 saturated carbocycles. The van der Waals surface area contributed by atoms with Crippen molar-refractivity contribution in [1.82, 2.24) is 5.48 Å². The Morgan fingerprint density at radius 3 is 2.00 bits per heavy atom. The number of hydrogen-bond donors (Lipinski definition) is 2. The first-order valence-corrected chi connectivity index (χ1v) is 6.34. The molecule has 0 aromatic heterocycles. The van der Waals surface area contributed by atoms with Crippen LogP contribution >= 0.6 is 0 Å². The van der Waals surface area contributed by atoms with Gasteiger partial charge in [-0.3, -0.25) is 0 Å². The Kier molecular flexibility index (Phi) is 3.97. The predicted octanol–water partition coefficient (Wildman–Crippen LogP) is 3.61. The lowest BCUT2D eigenvalue weighted by atomic mass is 9.79. The zero-order valence-electron chi connectivity index (χ0n) is 9.78. The second-order valence-corrected chi connectivity index (χ2v) is 4.83. The van der Waals surface area contributed by atoms with Crippen molar-refractivity contribution in [3.05, 3.63) is 35.9 Å². The molecule has 16 heavy (non-hydrogen) atoms. The standard InChI is InChI=1S/C14H21NO/c16-15-14(13-9-5-4-6-10-13)11-7-2-1-3-8-12-14/h4-6,9-10,15-16H,1-3,7-8,11-12H2. The van der Waals surface area contributed by atoms with Gasteiger partial charge in [-0.2, -0.15) is 5.48 Å². The number of nitrogens with one attached hydrogen (secondary N) is 1. The molecule has 1 aliphatic rings. The summed E-state index contributed by atoms with van der Waals surface area (Å²) in [4.78, 5) is 0. The first kappa shape index (κ1) is 11.6. The molecule has 1 aromatic rings. The quantitative estimate of drug-likeness (QED) is 0.745. The number of benzene rings is 1. The maximum absolute atomic E-state index is 9.56. The highest BCUT2D eigenvalue weighted by molar-refractivity contribution is 5.24. The molecule has 2 rings (SSSR count). The van der Waals surface area contributed by atoms with Crippen LogP contribution in [0.3, 0.4) is 0 Å². The van der Waals surface area contributed by atoms with E-state index >= 15 is 0 Å². The van der Waals surface area contributed by atoms with Gasteiger partial charge in [0.2, 0.25) is 0 Å². The van der Waals surface area contributed by atoms with Crippen LogP contribution in [0.4, 0.5) is 0 Å². The number of hydrogen-bond acceptors (Lipinski definition) is 2. The Morgan fingerprint density at radius 2 is 1.44 bits per heavy atom. The fraction of sp³-hybridized carbons (Fsp3) is 0.571. The minimum Gasteiger partial charge on any atom is -0.316 e. The minimum atomic E-state index is -0.207. The molecule has 1 aromatic carbocycles. The van der Waals surface area contributed by atoms with Crippen LogP contribution in [0.25, 0.3) is 0 Å². The molecular weight excluding hydrogens is 198 g/mol. The molecule has 0 atom stereocenters. The van der Waals surface area contributed by atoms with Crippen LogP contribution in [0.1, 0.15) is 50.5 Å². The van der Waals surface area contributed by atoms with Gasteiger partial charge in [-0.1, -0.05) is 62.4 Å². The second-order valence-electron chi connectivity index (χ2n) is 4.83. The molecular formula is C14H21NO. The Labute approximate surface area is 97.6 Å². The first-order chi connectivity index (χ1) is 7.87. The summed E-state index contributed by atoms with van der Waals surface area (Å²) in [6.45, 7) is 0. The van der Waals surface area contributed by atoms with E-state index in [4.69, 9.17) is 0 Å². The Bertz CT molecular complexity index is 302. The topological polar surface area (TPSA) is 32.3 Å². The molecule has 2 N–H and O–H groups in total. The van der Waals surface area contributed by atoms with Gasteiger partial charge in [0.1, 0.15) is 0 Å². The zero-order chi connectivity index (χ0) is 11.3. The smallest absolute Gasteiger partial charge is 0.0678 e. The lowest BCUT2D eigenvalue weighted by molar-refractivity contribution is 0.0409. The SMILES string of the molecule is ONC1(c2ccccc2)CCCCCCC1. The maximum atomic E-state index is 9.56. The molecule has 0 bridgehead atoms. The molecule has 88 valence electrons. The largest absolute Gasteiger partial charge is 0.316 e. The van der Waals surface area contributed by atoms with Crippen LogP contribution in [-0.2, 0) is 5.54 Å². The summed E-state index contributed by atoms with van der Waals surface area (Å²) in [5.74, 6) is 0. The Morgan fingerprint density at radius 1 is 0.875 bits per heavy atom. The van der Waals surface area contributed by atoms with E-state index in [-0.39, 0.29) is 5.54 Å². The average molecular weight is 219 g/mol. The fourth-order valence-corrected chi connectivity index (χ4v) is 2.73. The Hall–Kier alpha value is -0.860. The molecule has 0 unspecified atom stereocenters. The van der Waals surface area contributed by atoms with E-state index in [1.54, 1.807) is 0 Å². The van der Waals surface area contributed by atoms with Gasteiger partial charge in [-0.15, -0.1) is 0 Å². The van der Waals surface area contributed by atoms with Crippen LogP contribution in [0, 0.1) is 0 Å². The summed E-state index contributed by atoms with van der Waals surface area (Å²) < 4.78 is 0. The van der Waals surface area contributed by atoms with Gasteiger partial charge in [0.05, 0.1) is 5.54 Å². The van der Waals surface area contributed by atoms with Gasteiger partial charge < -0.3 is 5.21 Å². The van der Waals surface area contributed by atoms with Crippen molar-refractivity contribution < 1.29 is 5.21 Å². The van der Waals surface area contributed by atoms with E-state index in [0.717, 1.165) is 12.8 Å². The lowest BCUT2D eigenvalue weighted by Gasteiger charge is -2.34. The van der Waals surface area contributed by atoms with E-state index in [1.165, 1.54) is 37.7 Å². The zero-order valence-corrected chi connectivity index (χ0v) is 9.78. The summed E-state index contributed by atoms with van der Waals surface area (Å²) in [6, 6.07) is 10.4. The van der Waals surface area contributed by atoms with E-state index in [0.29, 0.717) is 0 Å². The van der Waals surface area contributed by atoms with Crippen LogP contribution in [0.2, 0.25) is 0 Å². The minimum absolute atomic E-state index is 0.207. The normalized spacial score (nSPS) is 21.1. The average Bonchev–Trinajstić information content (AvgIpc) is 2.31. The second kappa shape index (κ2) is 5.46. The van der Waals surface area contributed by atoms with Crippen molar-refractivity contribution >= 4 is 0 Å². The summed E-state index contributed by atoms with van der Waals surface area (Å²) in [6.07, 6.45) is 8.38. The summed E-state index contributed by atoms with van der Waals surface area (Å²) in [5.41, 5.74) is 3.62. The van der Waals surface area contributed by atoms with Crippen molar-refractivity contribution in [3.63, 3.8) is 0 Å². The lowest BCUT2D eigenvalue weighted by Crippen LogP contribution is -2.40. The van der Waals surface area contributed by atoms with E-state index in [1.807, 2.05) is 18.2 Å². The van der Waals surface area contributed by atoms with Crippen LogP contribution in [0.15, 0.2) is 30.3 Å². The molecule has 1 fully saturated rings. The Balaban J connectivity index is 2.22. The molecule has 0 radical (unpaired) electrons. The maximum Gasteiger partial charge on any atom is 0.0678 e. The van der Waals surface area contributed by atoms with Crippen molar-refractivity contribution in [2.24, 2.45) is 0 Å². The fourth-order valence-electron chi connectivity index (χ4n) is 2.73. The van der Waals surface area contributed by atoms with Gasteiger partial charge in [-0.05, 0) is 18.4 Å². The highest BCUT2D eigenvalue weighted by atomic mass is 16.5. The van der Waals surface area contributed by atoms with Crippen LogP contribution in [-0.4, -0.2) is 5.21 Å². The third-order valence-corrected chi connectivity index (χ3v) is 3.75. The van der Waals surface area contributed by atoms with Gasteiger partial charge in [-0.25, -0.2) is 0 Å². The molecule has 0 saturated heterocycles. The molecule has 0 aliphatic heterocycles. The predicted molar refractivity (Wildman–Crippen MR) is 65.4 cm³/mol. The van der Waals surface area contributed by atoms with Crippen molar-refractivity contribution in [2.45, 2.75) is 50.5 Å². The third kappa shape index (κ3) is 2.45. The van der Waals surface area contributed by atoms with Gasteiger partial charge in [0.25, 0.3) is 0 Å². The summed E-state index contributed by atoms with van der Waals surface area (Å²) in [7, 11) is 0. The number of rotatable bonds is 2. The van der Waals surface area contributed by atoms with E-state index in [9.17, 15) is 5.21 Å². The molecule has 1 aliphatic carbocycles. The third-order valence-electron chi connectivity index (χ3n) is 3.75. The van der Waals surface area contributed by atoms with Crippen molar-refractivity contribution in [1.29, 1.82) is 0 Å². The van der Waals surface area contributed by atoms with E-state index in [2.05, 4.69) is 17.6 Å². The molecule has 0 amide bonds. The highest BCUT2D eigenvalue weighted by Gasteiger charge is 2.31. The summed E-state index contributed by atoms with van der Waals surface area (Å²) >= 11 is 0. The molecule has 0 heterocycles. The monoisotopic (exact) mass is 219 g/mol. The van der Waals surface area contributed by atoms with Crippen molar-refractivity contribution in [3.8, 4) is 0 Å². The van der Waals surface area contributed by atoms with E-state index < -0.39 is 0 Å². The molecule has 2 heteroatoms. The van der Waals surface area contributed by atoms with Crippen LogP contribution in [0.5, 0.6) is 0 Å². The van der Waals surface area contributed by atoms with Gasteiger partial charge in [0, 0.05) is 0 Å². The van der Waals surface area contributed by atoms with Crippen LogP contribution < -0.4 is 5.48 Å². The van der Waals surface area contributed by atoms with Gasteiger partial charge in [0.15, 0.2) is 0 Å². The first-order valence-electron chi connectivity index (χ1n) is 6.34. The molecule has 0 spiro atoms. The number of hydroxylamine groups is 1. The molecule has 2 nitrogen and oxygen atoms in total. The van der Waals surface area contributed by atoms with Crippen molar-refractivity contribution in [2.75, 3.05) is 0 Å². The summed E-state index contributed by atoms with van der Waals surface area (Å²) in [5, 5.41) is 9.56.